The van der Waals surface area contributed by atoms with Crippen LogP contribution in [0.2, 0.25) is 0 Å². The van der Waals surface area contributed by atoms with Gasteiger partial charge in [0.15, 0.2) is 0 Å². The predicted octanol–water partition coefficient (Wildman–Crippen LogP) is 1.95. The number of hydrogen-bond acceptors (Lipinski definition) is 2. The number of carbonyl (C=O) groups is 1. The van der Waals surface area contributed by atoms with Gasteiger partial charge in [0, 0.05) is 18.4 Å². The average molecular weight is 263 g/mol. The van der Waals surface area contributed by atoms with E-state index in [0.717, 1.165) is 42.9 Å². The van der Waals surface area contributed by atoms with Crippen LogP contribution in [0.15, 0.2) is 0 Å². The molecule has 0 spiro atoms. The van der Waals surface area contributed by atoms with Crippen LogP contribution in [0.25, 0.3) is 0 Å². The molecule has 3 nitrogen and oxygen atoms in total. The first-order valence-electron chi connectivity index (χ1n) is 8.21. The van der Waals surface area contributed by atoms with Crippen molar-refractivity contribution in [2.75, 3.05) is 6.54 Å². The molecule has 4 rings (SSSR count). The lowest BCUT2D eigenvalue weighted by atomic mass is 9.86. The topological polar surface area (TPSA) is 49.3 Å². The molecule has 0 saturated heterocycles. The lowest BCUT2D eigenvalue weighted by Crippen LogP contribution is -2.38. The highest BCUT2D eigenvalue weighted by Crippen LogP contribution is 2.69. The van der Waals surface area contributed by atoms with E-state index in [2.05, 4.69) is 5.32 Å². The van der Waals surface area contributed by atoms with Crippen LogP contribution < -0.4 is 5.32 Å². The molecule has 4 aliphatic carbocycles. The summed E-state index contributed by atoms with van der Waals surface area (Å²) in [6.45, 7) is 0.700. The van der Waals surface area contributed by atoms with Crippen molar-refractivity contribution in [3.63, 3.8) is 0 Å². The van der Waals surface area contributed by atoms with E-state index in [1.54, 1.807) is 0 Å². The van der Waals surface area contributed by atoms with Gasteiger partial charge in [-0.05, 0) is 55.8 Å². The molecule has 4 aliphatic rings. The van der Waals surface area contributed by atoms with E-state index in [9.17, 15) is 9.90 Å². The van der Waals surface area contributed by atoms with Crippen molar-refractivity contribution in [2.24, 2.45) is 35.5 Å². The molecule has 0 aromatic heterocycles. The lowest BCUT2D eigenvalue weighted by molar-refractivity contribution is -0.123. The van der Waals surface area contributed by atoms with Gasteiger partial charge in [-0.1, -0.05) is 12.8 Å². The Morgan fingerprint density at radius 3 is 2.42 bits per heavy atom. The molecule has 2 N–H and O–H groups in total. The van der Waals surface area contributed by atoms with Crippen molar-refractivity contribution in [3.8, 4) is 0 Å². The number of carbonyl (C=O) groups excluding carboxylic acids is 1. The molecule has 19 heavy (non-hydrogen) atoms. The van der Waals surface area contributed by atoms with E-state index in [0.29, 0.717) is 24.3 Å². The van der Waals surface area contributed by atoms with E-state index in [-0.39, 0.29) is 6.10 Å². The number of aliphatic hydroxyl groups excluding tert-OH is 1. The van der Waals surface area contributed by atoms with Gasteiger partial charge >= 0.3 is 0 Å². The predicted molar refractivity (Wildman–Crippen MR) is 72.3 cm³/mol. The maximum Gasteiger partial charge on any atom is 0.223 e. The Hall–Kier alpha value is -0.570. The molecule has 6 unspecified atom stereocenters. The molecular formula is C16H25NO2. The standard InChI is InChI=1S/C16H25NO2/c18-12-4-2-1-3-11(12)8-17-16(19)15-13-9-5-6-10(7-9)14(13)15/h9-15,18H,1-8H2,(H,17,19). The summed E-state index contributed by atoms with van der Waals surface area (Å²) in [7, 11) is 0. The quantitative estimate of drug-likeness (QED) is 0.817. The van der Waals surface area contributed by atoms with E-state index in [4.69, 9.17) is 0 Å². The van der Waals surface area contributed by atoms with Crippen LogP contribution in [0.4, 0.5) is 0 Å². The van der Waals surface area contributed by atoms with Crippen molar-refractivity contribution in [1.82, 2.24) is 5.32 Å². The van der Waals surface area contributed by atoms with Gasteiger partial charge in [-0.15, -0.1) is 0 Å². The van der Waals surface area contributed by atoms with Gasteiger partial charge < -0.3 is 10.4 Å². The van der Waals surface area contributed by atoms with Gasteiger partial charge in [-0.2, -0.15) is 0 Å². The fourth-order valence-electron chi connectivity index (χ4n) is 5.45. The van der Waals surface area contributed by atoms with Crippen molar-refractivity contribution in [2.45, 2.75) is 51.0 Å². The fraction of sp³-hybridized carbons (Fsp3) is 0.938. The highest BCUT2D eigenvalue weighted by atomic mass is 16.3. The average Bonchev–Trinajstić information content (AvgIpc) is 2.86. The van der Waals surface area contributed by atoms with Gasteiger partial charge in [0.2, 0.25) is 5.91 Å². The van der Waals surface area contributed by atoms with Crippen LogP contribution in [0, 0.1) is 35.5 Å². The molecule has 4 fully saturated rings. The number of aliphatic hydroxyl groups is 1. The lowest BCUT2D eigenvalue weighted by Gasteiger charge is -2.27. The second kappa shape index (κ2) is 4.47. The van der Waals surface area contributed by atoms with E-state index >= 15 is 0 Å². The number of rotatable bonds is 3. The summed E-state index contributed by atoms with van der Waals surface area (Å²) in [6, 6.07) is 0. The largest absolute Gasteiger partial charge is 0.393 e. The third kappa shape index (κ3) is 1.93. The van der Waals surface area contributed by atoms with Crippen molar-refractivity contribution in [3.05, 3.63) is 0 Å². The van der Waals surface area contributed by atoms with Gasteiger partial charge in [0.25, 0.3) is 0 Å². The molecule has 0 radical (unpaired) electrons. The summed E-state index contributed by atoms with van der Waals surface area (Å²) < 4.78 is 0. The molecule has 0 aromatic carbocycles. The summed E-state index contributed by atoms with van der Waals surface area (Å²) in [5, 5.41) is 13.1. The molecule has 0 aliphatic heterocycles. The zero-order valence-corrected chi connectivity index (χ0v) is 11.6. The first-order valence-corrected chi connectivity index (χ1v) is 8.21. The van der Waals surface area contributed by atoms with Gasteiger partial charge in [-0.25, -0.2) is 0 Å². The first kappa shape index (κ1) is 12.2. The minimum Gasteiger partial charge on any atom is -0.393 e. The molecule has 106 valence electrons. The Kier molecular flexibility index (Phi) is 2.87. The smallest absolute Gasteiger partial charge is 0.223 e. The van der Waals surface area contributed by atoms with Crippen LogP contribution in [-0.2, 0) is 4.79 Å². The number of fused-ring (bicyclic) bond motifs is 5. The summed E-state index contributed by atoms with van der Waals surface area (Å²) in [4.78, 5) is 12.3. The molecule has 3 heteroatoms. The molecule has 1 amide bonds. The van der Waals surface area contributed by atoms with Crippen LogP contribution in [0.1, 0.15) is 44.9 Å². The number of hydrogen-bond donors (Lipinski definition) is 2. The van der Waals surface area contributed by atoms with E-state index in [1.165, 1.54) is 25.7 Å². The second-order valence-corrected chi connectivity index (χ2v) is 7.37. The first-order chi connectivity index (χ1) is 9.25. The van der Waals surface area contributed by atoms with Crippen LogP contribution in [-0.4, -0.2) is 23.7 Å². The highest BCUT2D eigenvalue weighted by Gasteiger charge is 2.67. The summed E-state index contributed by atoms with van der Waals surface area (Å²) in [5.74, 6) is 4.13. The van der Waals surface area contributed by atoms with E-state index in [1.807, 2.05) is 0 Å². The van der Waals surface area contributed by atoms with Gasteiger partial charge in [0.05, 0.1) is 6.10 Å². The molecule has 4 saturated carbocycles. The van der Waals surface area contributed by atoms with Crippen LogP contribution in [0.3, 0.4) is 0 Å². The zero-order chi connectivity index (χ0) is 13.0. The zero-order valence-electron chi connectivity index (χ0n) is 11.6. The molecule has 0 heterocycles. The Bertz CT molecular complexity index is 367. The van der Waals surface area contributed by atoms with Crippen molar-refractivity contribution < 1.29 is 9.90 Å². The summed E-state index contributed by atoms with van der Waals surface area (Å²) >= 11 is 0. The monoisotopic (exact) mass is 263 g/mol. The minimum absolute atomic E-state index is 0.191. The Balaban J connectivity index is 1.29. The van der Waals surface area contributed by atoms with Crippen LogP contribution in [0.5, 0.6) is 0 Å². The van der Waals surface area contributed by atoms with Gasteiger partial charge in [0.1, 0.15) is 0 Å². The Labute approximate surface area is 115 Å². The maximum absolute atomic E-state index is 12.3. The second-order valence-electron chi connectivity index (χ2n) is 7.37. The number of nitrogens with one attached hydrogen (secondary N) is 1. The van der Waals surface area contributed by atoms with Gasteiger partial charge in [-0.3, -0.25) is 4.79 Å². The molecular weight excluding hydrogens is 238 g/mol. The van der Waals surface area contributed by atoms with E-state index < -0.39 is 0 Å². The van der Waals surface area contributed by atoms with Crippen LogP contribution >= 0.6 is 0 Å². The normalized spacial score (nSPS) is 50.9. The Morgan fingerprint density at radius 1 is 1.05 bits per heavy atom. The summed E-state index contributed by atoms with van der Waals surface area (Å²) in [5.41, 5.74) is 0. The maximum atomic E-state index is 12.3. The molecule has 6 atom stereocenters. The molecule has 0 aromatic rings. The summed E-state index contributed by atoms with van der Waals surface area (Å²) in [6.07, 6.45) is 8.29. The third-order valence-electron chi connectivity index (χ3n) is 6.45. The third-order valence-corrected chi connectivity index (χ3v) is 6.45. The minimum atomic E-state index is -0.191. The Morgan fingerprint density at radius 2 is 1.74 bits per heavy atom. The fourth-order valence-corrected chi connectivity index (χ4v) is 5.45. The SMILES string of the molecule is O=C(NCC1CCCCC1O)C1C2C3CCC(C3)C12. The number of amides is 1. The van der Waals surface area contributed by atoms with Crippen molar-refractivity contribution >= 4 is 5.91 Å². The highest BCUT2D eigenvalue weighted by molar-refractivity contribution is 5.82. The van der Waals surface area contributed by atoms with Crippen molar-refractivity contribution in [1.29, 1.82) is 0 Å². The molecule has 2 bridgehead atoms.